The molecule has 0 bridgehead atoms. The molecule has 0 heterocycles. The van der Waals surface area contributed by atoms with Crippen molar-refractivity contribution in [2.24, 2.45) is 0 Å². The molecular formula is C14H9Cl2N3O. The van der Waals surface area contributed by atoms with E-state index in [1.807, 2.05) is 6.07 Å². The van der Waals surface area contributed by atoms with Gasteiger partial charge in [-0.15, -0.1) is 0 Å². The molecule has 100 valence electrons. The molecular weight excluding hydrogens is 297 g/mol. The molecule has 0 saturated carbocycles. The molecule has 2 aromatic carbocycles. The zero-order chi connectivity index (χ0) is 14.5. The first-order chi connectivity index (χ1) is 9.58. The van der Waals surface area contributed by atoms with Gasteiger partial charge in [-0.25, -0.2) is 4.79 Å². The van der Waals surface area contributed by atoms with Crippen LogP contribution in [0.4, 0.5) is 16.2 Å². The fourth-order valence-electron chi connectivity index (χ4n) is 1.54. The minimum Gasteiger partial charge on any atom is -0.308 e. The maximum absolute atomic E-state index is 11.8. The SMILES string of the molecule is N#Cc1ccc(NC(=O)Nc2cccc(Cl)c2)c(Cl)c1. The number of rotatable bonds is 2. The number of halogens is 2. The normalized spacial score (nSPS) is 9.65. The lowest BCUT2D eigenvalue weighted by atomic mass is 10.2. The summed E-state index contributed by atoms with van der Waals surface area (Å²) in [5, 5.41) is 14.8. The third-order valence-electron chi connectivity index (χ3n) is 2.43. The number of nitrogens with one attached hydrogen (secondary N) is 2. The summed E-state index contributed by atoms with van der Waals surface area (Å²) < 4.78 is 0. The predicted octanol–water partition coefficient (Wildman–Crippen LogP) is 4.51. The van der Waals surface area contributed by atoms with E-state index in [0.29, 0.717) is 27.0 Å². The van der Waals surface area contributed by atoms with Crippen LogP contribution in [-0.4, -0.2) is 6.03 Å². The Labute approximate surface area is 125 Å². The summed E-state index contributed by atoms with van der Waals surface area (Å²) in [6, 6.07) is 12.9. The summed E-state index contributed by atoms with van der Waals surface area (Å²) in [4.78, 5) is 11.8. The minimum absolute atomic E-state index is 0.297. The highest BCUT2D eigenvalue weighted by Crippen LogP contribution is 2.23. The molecule has 0 fully saturated rings. The molecule has 2 amide bonds. The van der Waals surface area contributed by atoms with Crippen molar-refractivity contribution in [3.8, 4) is 6.07 Å². The van der Waals surface area contributed by atoms with E-state index in [4.69, 9.17) is 28.5 Å². The van der Waals surface area contributed by atoms with Crippen molar-refractivity contribution in [1.82, 2.24) is 0 Å². The van der Waals surface area contributed by atoms with Gasteiger partial charge in [0.05, 0.1) is 22.3 Å². The van der Waals surface area contributed by atoms with Crippen molar-refractivity contribution in [2.45, 2.75) is 0 Å². The van der Waals surface area contributed by atoms with Crippen LogP contribution >= 0.6 is 23.2 Å². The Balaban J connectivity index is 2.07. The van der Waals surface area contributed by atoms with Gasteiger partial charge in [-0.1, -0.05) is 29.3 Å². The number of hydrogen-bond acceptors (Lipinski definition) is 2. The minimum atomic E-state index is -0.445. The average molecular weight is 306 g/mol. The van der Waals surface area contributed by atoms with E-state index in [0.717, 1.165) is 0 Å². The van der Waals surface area contributed by atoms with Gasteiger partial charge in [0.2, 0.25) is 0 Å². The fourth-order valence-corrected chi connectivity index (χ4v) is 1.95. The summed E-state index contributed by atoms with van der Waals surface area (Å²) in [5.41, 5.74) is 1.42. The lowest BCUT2D eigenvalue weighted by Crippen LogP contribution is -2.19. The third-order valence-corrected chi connectivity index (χ3v) is 2.98. The molecule has 0 aliphatic heterocycles. The largest absolute Gasteiger partial charge is 0.323 e. The van der Waals surface area contributed by atoms with Crippen LogP contribution < -0.4 is 10.6 Å². The van der Waals surface area contributed by atoms with E-state index in [1.54, 1.807) is 36.4 Å². The number of benzene rings is 2. The number of carbonyl (C=O) groups is 1. The standard InChI is InChI=1S/C14H9Cl2N3O/c15-10-2-1-3-11(7-10)18-14(20)19-13-5-4-9(8-17)6-12(13)16/h1-7H,(H2,18,19,20). The monoisotopic (exact) mass is 305 g/mol. The van der Waals surface area contributed by atoms with Gasteiger partial charge < -0.3 is 10.6 Å². The van der Waals surface area contributed by atoms with Crippen LogP contribution in [0.2, 0.25) is 10.0 Å². The van der Waals surface area contributed by atoms with Gasteiger partial charge >= 0.3 is 6.03 Å². The molecule has 0 atom stereocenters. The zero-order valence-corrected chi connectivity index (χ0v) is 11.7. The molecule has 0 unspecified atom stereocenters. The summed E-state index contributed by atoms with van der Waals surface area (Å²) >= 11 is 11.8. The van der Waals surface area contributed by atoms with Crippen LogP contribution in [0.1, 0.15) is 5.56 Å². The van der Waals surface area contributed by atoms with E-state index in [-0.39, 0.29) is 0 Å². The van der Waals surface area contributed by atoms with Crippen LogP contribution in [0.25, 0.3) is 0 Å². The van der Waals surface area contributed by atoms with Crippen molar-refractivity contribution < 1.29 is 4.79 Å². The van der Waals surface area contributed by atoms with Crippen molar-refractivity contribution in [1.29, 1.82) is 5.26 Å². The first-order valence-electron chi connectivity index (χ1n) is 5.62. The third kappa shape index (κ3) is 3.64. The Kier molecular flexibility index (Phi) is 4.46. The van der Waals surface area contributed by atoms with Crippen molar-refractivity contribution in [3.63, 3.8) is 0 Å². The first kappa shape index (κ1) is 14.2. The second kappa shape index (κ2) is 6.29. The molecule has 20 heavy (non-hydrogen) atoms. The van der Waals surface area contributed by atoms with Crippen molar-refractivity contribution in [3.05, 3.63) is 58.1 Å². The Bertz CT molecular complexity index is 695. The number of nitriles is 1. The molecule has 0 aromatic heterocycles. The van der Waals surface area contributed by atoms with Crippen LogP contribution in [-0.2, 0) is 0 Å². The lowest BCUT2D eigenvalue weighted by Gasteiger charge is -2.09. The summed E-state index contributed by atoms with van der Waals surface area (Å²) in [7, 11) is 0. The van der Waals surface area contributed by atoms with Gasteiger partial charge in [0, 0.05) is 10.7 Å². The quantitative estimate of drug-likeness (QED) is 0.857. The molecule has 2 rings (SSSR count). The van der Waals surface area contributed by atoms with E-state index < -0.39 is 6.03 Å². The van der Waals surface area contributed by atoms with E-state index in [2.05, 4.69) is 10.6 Å². The van der Waals surface area contributed by atoms with Gasteiger partial charge in [0.1, 0.15) is 0 Å². The van der Waals surface area contributed by atoms with Gasteiger partial charge in [-0.05, 0) is 36.4 Å². The van der Waals surface area contributed by atoms with Crippen LogP contribution in [0.15, 0.2) is 42.5 Å². The molecule has 0 aliphatic rings. The van der Waals surface area contributed by atoms with Gasteiger partial charge in [-0.2, -0.15) is 5.26 Å². The number of nitrogens with zero attached hydrogens (tertiary/aromatic N) is 1. The number of hydrogen-bond donors (Lipinski definition) is 2. The number of carbonyl (C=O) groups excluding carboxylic acids is 1. The van der Waals surface area contributed by atoms with E-state index >= 15 is 0 Å². The van der Waals surface area contributed by atoms with Crippen LogP contribution in [0.3, 0.4) is 0 Å². The Morgan fingerprint density at radius 1 is 1.10 bits per heavy atom. The second-order valence-electron chi connectivity index (χ2n) is 3.90. The van der Waals surface area contributed by atoms with E-state index in [9.17, 15) is 4.79 Å². The number of amides is 2. The lowest BCUT2D eigenvalue weighted by molar-refractivity contribution is 0.262. The summed E-state index contributed by atoms with van der Waals surface area (Å²) in [5.74, 6) is 0. The molecule has 0 spiro atoms. The number of urea groups is 1. The highest BCUT2D eigenvalue weighted by atomic mass is 35.5. The number of anilines is 2. The zero-order valence-electron chi connectivity index (χ0n) is 10.2. The topological polar surface area (TPSA) is 64.9 Å². The Morgan fingerprint density at radius 2 is 1.90 bits per heavy atom. The van der Waals surface area contributed by atoms with Crippen molar-refractivity contribution >= 4 is 40.6 Å². The van der Waals surface area contributed by atoms with Crippen LogP contribution in [0.5, 0.6) is 0 Å². The first-order valence-corrected chi connectivity index (χ1v) is 6.37. The molecule has 0 radical (unpaired) electrons. The highest BCUT2D eigenvalue weighted by Gasteiger charge is 2.07. The molecule has 2 N–H and O–H groups in total. The summed E-state index contributed by atoms with van der Waals surface area (Å²) in [6.45, 7) is 0. The Morgan fingerprint density at radius 3 is 2.55 bits per heavy atom. The summed E-state index contributed by atoms with van der Waals surface area (Å²) in [6.07, 6.45) is 0. The maximum atomic E-state index is 11.8. The Hall–Kier alpha value is -2.22. The van der Waals surface area contributed by atoms with Gasteiger partial charge in [-0.3, -0.25) is 0 Å². The maximum Gasteiger partial charge on any atom is 0.323 e. The average Bonchev–Trinajstić information content (AvgIpc) is 2.41. The fraction of sp³-hybridized carbons (Fsp3) is 0. The van der Waals surface area contributed by atoms with Gasteiger partial charge in [0.25, 0.3) is 0 Å². The van der Waals surface area contributed by atoms with Gasteiger partial charge in [0.15, 0.2) is 0 Å². The molecule has 4 nitrogen and oxygen atoms in total. The van der Waals surface area contributed by atoms with Crippen LogP contribution in [0, 0.1) is 11.3 Å². The molecule has 0 saturated heterocycles. The molecule has 2 aromatic rings. The van der Waals surface area contributed by atoms with E-state index in [1.165, 1.54) is 6.07 Å². The smallest absolute Gasteiger partial charge is 0.308 e. The predicted molar refractivity (Wildman–Crippen MR) is 80.3 cm³/mol. The molecule has 6 heteroatoms. The second-order valence-corrected chi connectivity index (χ2v) is 4.74. The highest BCUT2D eigenvalue weighted by molar-refractivity contribution is 6.34. The van der Waals surface area contributed by atoms with Crippen molar-refractivity contribution in [2.75, 3.05) is 10.6 Å². The molecule has 0 aliphatic carbocycles.